The molecule has 0 aromatic carbocycles. The highest BCUT2D eigenvalue weighted by molar-refractivity contribution is 7.88. The summed E-state index contributed by atoms with van der Waals surface area (Å²) in [6.07, 6.45) is 3.70. The molecule has 0 aromatic rings. The van der Waals surface area contributed by atoms with Crippen LogP contribution >= 0.6 is 12.2 Å². The fraction of sp³-hybridized carbons (Fsp3) is 0.909. The Morgan fingerprint density at radius 3 is 2.58 bits per heavy atom. The van der Waals surface area contributed by atoms with Crippen molar-refractivity contribution in [2.45, 2.75) is 18.9 Å². The van der Waals surface area contributed by atoms with Crippen molar-refractivity contribution in [3.63, 3.8) is 0 Å². The van der Waals surface area contributed by atoms with Gasteiger partial charge in [-0.1, -0.05) is 0 Å². The molecule has 0 saturated carbocycles. The Labute approximate surface area is 120 Å². The van der Waals surface area contributed by atoms with Gasteiger partial charge in [-0.25, -0.2) is 8.42 Å². The highest BCUT2D eigenvalue weighted by Crippen LogP contribution is 2.11. The number of thiocarbonyl (C=S) groups is 1. The topological polar surface area (TPSA) is 61.9 Å². The molecule has 0 aromatic heterocycles. The first-order chi connectivity index (χ1) is 8.97. The van der Waals surface area contributed by atoms with Crippen molar-refractivity contribution in [3.05, 3.63) is 0 Å². The van der Waals surface area contributed by atoms with Gasteiger partial charge in [-0.05, 0) is 25.1 Å². The molecule has 2 heterocycles. The molecule has 1 N–H and O–H groups in total. The molecule has 19 heavy (non-hydrogen) atoms. The van der Waals surface area contributed by atoms with Gasteiger partial charge in [-0.2, -0.15) is 4.31 Å². The third-order valence-electron chi connectivity index (χ3n) is 3.50. The van der Waals surface area contributed by atoms with E-state index in [0.29, 0.717) is 31.3 Å². The van der Waals surface area contributed by atoms with Crippen molar-refractivity contribution in [1.82, 2.24) is 14.5 Å². The maximum absolute atomic E-state index is 11.4. The fourth-order valence-electron chi connectivity index (χ4n) is 2.34. The first-order valence-corrected chi connectivity index (χ1v) is 8.82. The third-order valence-corrected chi connectivity index (χ3v) is 5.21. The summed E-state index contributed by atoms with van der Waals surface area (Å²) in [5, 5.41) is 3.91. The van der Waals surface area contributed by atoms with E-state index in [-0.39, 0.29) is 6.10 Å². The lowest BCUT2D eigenvalue weighted by molar-refractivity contribution is 0.113. The predicted molar refractivity (Wildman–Crippen MR) is 77.6 cm³/mol. The van der Waals surface area contributed by atoms with Gasteiger partial charge in [0.1, 0.15) is 0 Å². The molecule has 110 valence electrons. The molecule has 2 fully saturated rings. The smallest absolute Gasteiger partial charge is 0.211 e. The number of ether oxygens (including phenoxy) is 1. The van der Waals surface area contributed by atoms with Crippen LogP contribution in [0.2, 0.25) is 0 Å². The van der Waals surface area contributed by atoms with Crippen molar-refractivity contribution in [1.29, 1.82) is 0 Å². The van der Waals surface area contributed by atoms with Crippen molar-refractivity contribution in [2.75, 3.05) is 45.6 Å². The first kappa shape index (κ1) is 15.0. The van der Waals surface area contributed by atoms with E-state index in [4.69, 9.17) is 17.0 Å². The zero-order valence-corrected chi connectivity index (χ0v) is 12.8. The Hall–Kier alpha value is -0.440. The standard InChI is InChI=1S/C11H21N3O3S2/c1-19(15,16)14-6-4-13(5-7-14)11(18)12-9-10-3-2-8-17-10/h10H,2-9H2,1H3,(H,12,18)/t10-/m0/s1. The number of hydrogen-bond donors (Lipinski definition) is 1. The minimum absolute atomic E-state index is 0.259. The van der Waals surface area contributed by atoms with Crippen molar-refractivity contribution >= 4 is 27.4 Å². The summed E-state index contributed by atoms with van der Waals surface area (Å²) in [4.78, 5) is 2.02. The van der Waals surface area contributed by atoms with Crippen molar-refractivity contribution < 1.29 is 13.2 Å². The molecule has 0 unspecified atom stereocenters. The van der Waals surface area contributed by atoms with Crippen molar-refractivity contribution in [2.24, 2.45) is 0 Å². The SMILES string of the molecule is CS(=O)(=O)N1CCN(C(=S)NC[C@@H]2CCCO2)CC1. The predicted octanol–water partition coefficient (Wildman–Crippen LogP) is -0.383. The molecule has 0 amide bonds. The van der Waals surface area contributed by atoms with E-state index in [1.165, 1.54) is 10.6 Å². The average Bonchev–Trinajstić information content (AvgIpc) is 2.88. The van der Waals surface area contributed by atoms with E-state index in [1.54, 1.807) is 0 Å². The summed E-state index contributed by atoms with van der Waals surface area (Å²) in [6.45, 7) is 3.87. The van der Waals surface area contributed by atoms with E-state index in [1.807, 2.05) is 4.90 Å². The minimum Gasteiger partial charge on any atom is -0.376 e. The first-order valence-electron chi connectivity index (χ1n) is 6.56. The van der Waals surface area contributed by atoms with Crippen molar-refractivity contribution in [3.8, 4) is 0 Å². The highest BCUT2D eigenvalue weighted by atomic mass is 32.2. The van der Waals surface area contributed by atoms with Gasteiger partial charge in [0.05, 0.1) is 12.4 Å². The van der Waals surface area contributed by atoms with Crippen LogP contribution in [0.15, 0.2) is 0 Å². The number of hydrogen-bond acceptors (Lipinski definition) is 4. The molecule has 2 aliphatic heterocycles. The summed E-state index contributed by atoms with van der Waals surface area (Å²) < 4.78 is 29.8. The lowest BCUT2D eigenvalue weighted by Gasteiger charge is -2.35. The normalized spacial score (nSPS) is 25.5. The minimum atomic E-state index is -3.08. The van der Waals surface area contributed by atoms with Crippen LogP contribution in [0.3, 0.4) is 0 Å². The summed E-state index contributed by atoms with van der Waals surface area (Å²) in [5.74, 6) is 0. The molecule has 0 radical (unpaired) electrons. The van der Waals surface area contributed by atoms with Gasteiger partial charge in [-0.15, -0.1) is 0 Å². The van der Waals surface area contributed by atoms with E-state index in [0.717, 1.165) is 26.0 Å². The maximum Gasteiger partial charge on any atom is 0.211 e. The van der Waals surface area contributed by atoms with Crippen LogP contribution in [0.1, 0.15) is 12.8 Å². The van der Waals surface area contributed by atoms with E-state index < -0.39 is 10.0 Å². The van der Waals surface area contributed by atoms with Crippen LogP contribution in [0.25, 0.3) is 0 Å². The maximum atomic E-state index is 11.4. The van der Waals surface area contributed by atoms with Gasteiger partial charge in [0.2, 0.25) is 10.0 Å². The van der Waals surface area contributed by atoms with E-state index in [9.17, 15) is 8.42 Å². The summed E-state index contributed by atoms with van der Waals surface area (Å²) in [5.41, 5.74) is 0. The summed E-state index contributed by atoms with van der Waals surface area (Å²) in [6, 6.07) is 0. The van der Waals surface area contributed by atoms with Gasteiger partial charge in [0.15, 0.2) is 5.11 Å². The lowest BCUT2D eigenvalue weighted by Crippen LogP contribution is -2.53. The van der Waals surface area contributed by atoms with Gasteiger partial charge in [-0.3, -0.25) is 0 Å². The number of nitrogens with zero attached hydrogens (tertiary/aromatic N) is 2. The van der Waals surface area contributed by atoms with E-state index >= 15 is 0 Å². The Kier molecular flexibility index (Phi) is 4.99. The molecule has 6 nitrogen and oxygen atoms in total. The molecular weight excluding hydrogens is 286 g/mol. The quantitative estimate of drug-likeness (QED) is 0.717. The molecule has 2 aliphatic rings. The Balaban J connectivity index is 1.73. The monoisotopic (exact) mass is 307 g/mol. The largest absolute Gasteiger partial charge is 0.376 e. The number of sulfonamides is 1. The molecule has 2 saturated heterocycles. The van der Waals surface area contributed by atoms with Gasteiger partial charge >= 0.3 is 0 Å². The molecule has 8 heteroatoms. The Morgan fingerprint density at radius 1 is 1.37 bits per heavy atom. The van der Waals surface area contributed by atoms with E-state index in [2.05, 4.69) is 5.32 Å². The summed E-state index contributed by atoms with van der Waals surface area (Å²) >= 11 is 5.33. The van der Waals surface area contributed by atoms with Crippen LogP contribution in [0.5, 0.6) is 0 Å². The second kappa shape index (κ2) is 6.34. The van der Waals surface area contributed by atoms with Crippen LogP contribution in [0.4, 0.5) is 0 Å². The molecule has 0 bridgehead atoms. The average molecular weight is 307 g/mol. The highest BCUT2D eigenvalue weighted by Gasteiger charge is 2.25. The lowest BCUT2D eigenvalue weighted by atomic mass is 10.2. The van der Waals surface area contributed by atoms with Crippen LogP contribution in [-0.4, -0.2) is 74.4 Å². The molecule has 0 aliphatic carbocycles. The van der Waals surface area contributed by atoms with Gasteiger partial charge < -0.3 is 15.0 Å². The molecular formula is C11H21N3O3S2. The second-order valence-corrected chi connectivity index (χ2v) is 7.34. The number of rotatable bonds is 3. The molecule has 1 atom stereocenters. The third kappa shape index (κ3) is 4.27. The Morgan fingerprint density at radius 2 is 2.05 bits per heavy atom. The van der Waals surface area contributed by atoms with Crippen LogP contribution < -0.4 is 5.32 Å². The molecule has 0 spiro atoms. The van der Waals surface area contributed by atoms with Crippen LogP contribution in [-0.2, 0) is 14.8 Å². The molecule has 2 rings (SSSR count). The van der Waals surface area contributed by atoms with Gasteiger partial charge in [0.25, 0.3) is 0 Å². The second-order valence-electron chi connectivity index (χ2n) is 4.97. The Bertz CT molecular complexity index is 413. The zero-order valence-electron chi connectivity index (χ0n) is 11.2. The zero-order chi connectivity index (χ0) is 13.9. The van der Waals surface area contributed by atoms with Crippen LogP contribution in [0, 0.1) is 0 Å². The number of piperazine rings is 1. The summed E-state index contributed by atoms with van der Waals surface area (Å²) in [7, 11) is -3.08. The fourth-order valence-corrected chi connectivity index (χ4v) is 3.43. The number of nitrogens with one attached hydrogen (secondary N) is 1. The van der Waals surface area contributed by atoms with Gasteiger partial charge in [0, 0.05) is 39.3 Å².